The Morgan fingerprint density at radius 1 is 0.679 bits per heavy atom. The van der Waals surface area contributed by atoms with E-state index in [2.05, 4.69) is 0 Å². The van der Waals surface area contributed by atoms with Crippen molar-refractivity contribution in [2.24, 2.45) is 0 Å². The highest BCUT2D eigenvalue weighted by Crippen LogP contribution is 2.30. The summed E-state index contributed by atoms with van der Waals surface area (Å²) in [5, 5.41) is 9.14. The maximum atomic E-state index is 12.8. The molecule has 1 aliphatic rings. The standard InChI is InChI=1S/C22H13NO5/c24-19(13-5-2-1-3-6-13)14-9-10-17-18(12-14)21(26)23(20(17)25)16-8-4-7-15(11-16)22(27)28/h1-12H,(H,27,28). The fourth-order valence-electron chi connectivity index (χ4n) is 3.15. The second-order valence-electron chi connectivity index (χ2n) is 6.26. The molecule has 2 amide bonds. The summed E-state index contributed by atoms with van der Waals surface area (Å²) >= 11 is 0. The van der Waals surface area contributed by atoms with E-state index in [0.29, 0.717) is 11.1 Å². The van der Waals surface area contributed by atoms with Gasteiger partial charge in [-0.1, -0.05) is 42.5 Å². The topological polar surface area (TPSA) is 91.8 Å². The van der Waals surface area contributed by atoms with E-state index in [0.717, 1.165) is 4.90 Å². The predicted molar refractivity (Wildman–Crippen MR) is 101 cm³/mol. The molecule has 0 aromatic heterocycles. The van der Waals surface area contributed by atoms with E-state index in [1.165, 1.54) is 42.5 Å². The lowest BCUT2D eigenvalue weighted by molar-refractivity contribution is 0.0695. The van der Waals surface area contributed by atoms with Crippen molar-refractivity contribution in [2.45, 2.75) is 0 Å². The van der Waals surface area contributed by atoms with E-state index in [4.69, 9.17) is 5.11 Å². The lowest BCUT2D eigenvalue weighted by atomic mass is 9.99. The molecule has 0 saturated heterocycles. The average molecular weight is 371 g/mol. The maximum Gasteiger partial charge on any atom is 0.335 e. The van der Waals surface area contributed by atoms with Crippen molar-refractivity contribution in [3.05, 3.63) is 101 Å². The Bertz CT molecular complexity index is 1150. The van der Waals surface area contributed by atoms with Crippen LogP contribution in [0.15, 0.2) is 72.8 Å². The van der Waals surface area contributed by atoms with E-state index in [-0.39, 0.29) is 28.2 Å². The molecule has 0 saturated carbocycles. The summed E-state index contributed by atoms with van der Waals surface area (Å²) in [4.78, 5) is 50.3. The van der Waals surface area contributed by atoms with Gasteiger partial charge in [0, 0.05) is 11.1 Å². The van der Waals surface area contributed by atoms with Crippen molar-refractivity contribution < 1.29 is 24.3 Å². The minimum Gasteiger partial charge on any atom is -0.478 e. The van der Waals surface area contributed by atoms with Gasteiger partial charge in [0.05, 0.1) is 22.4 Å². The molecular weight excluding hydrogens is 358 g/mol. The summed E-state index contributed by atoms with van der Waals surface area (Å²) in [6.07, 6.45) is 0. The molecule has 0 fully saturated rings. The third-order valence-electron chi connectivity index (χ3n) is 4.54. The Hall–Kier alpha value is -4.06. The van der Waals surface area contributed by atoms with Gasteiger partial charge in [-0.05, 0) is 30.3 Å². The molecule has 6 nitrogen and oxygen atoms in total. The number of hydrogen-bond acceptors (Lipinski definition) is 4. The summed E-state index contributed by atoms with van der Waals surface area (Å²) in [6.45, 7) is 0. The lowest BCUT2D eigenvalue weighted by Gasteiger charge is -2.14. The Labute approximate surface area is 159 Å². The van der Waals surface area contributed by atoms with Crippen molar-refractivity contribution in [1.29, 1.82) is 0 Å². The molecule has 0 unspecified atom stereocenters. The van der Waals surface area contributed by atoms with Crippen molar-refractivity contribution in [2.75, 3.05) is 4.90 Å². The second kappa shape index (κ2) is 6.59. The lowest BCUT2D eigenvalue weighted by Crippen LogP contribution is -2.29. The zero-order valence-electron chi connectivity index (χ0n) is 14.5. The van der Waals surface area contributed by atoms with Crippen LogP contribution < -0.4 is 4.90 Å². The first-order valence-corrected chi connectivity index (χ1v) is 8.43. The van der Waals surface area contributed by atoms with E-state index >= 15 is 0 Å². The highest BCUT2D eigenvalue weighted by Gasteiger charge is 2.37. The van der Waals surface area contributed by atoms with Crippen LogP contribution in [0.1, 0.15) is 47.0 Å². The first kappa shape index (κ1) is 17.4. The van der Waals surface area contributed by atoms with Gasteiger partial charge in [-0.25, -0.2) is 9.69 Å². The Morgan fingerprint density at radius 3 is 2.07 bits per heavy atom. The van der Waals surface area contributed by atoms with Gasteiger partial charge in [-0.15, -0.1) is 0 Å². The highest BCUT2D eigenvalue weighted by molar-refractivity contribution is 6.35. The number of rotatable bonds is 4. The Kier molecular flexibility index (Phi) is 4.08. The molecule has 0 radical (unpaired) electrons. The van der Waals surface area contributed by atoms with Gasteiger partial charge in [0.1, 0.15) is 0 Å². The van der Waals surface area contributed by atoms with Crippen molar-refractivity contribution in [3.63, 3.8) is 0 Å². The second-order valence-corrected chi connectivity index (χ2v) is 6.26. The number of carbonyl (C=O) groups excluding carboxylic acids is 3. The summed E-state index contributed by atoms with van der Waals surface area (Å²) in [5.41, 5.74) is 1.20. The number of benzene rings is 3. The van der Waals surface area contributed by atoms with Gasteiger partial charge in [0.2, 0.25) is 0 Å². The molecular formula is C22H13NO5. The van der Waals surface area contributed by atoms with Crippen LogP contribution in [0.4, 0.5) is 5.69 Å². The van der Waals surface area contributed by atoms with Crippen LogP contribution in [-0.2, 0) is 0 Å². The normalized spacial score (nSPS) is 12.8. The van der Waals surface area contributed by atoms with Crippen LogP contribution in [0.2, 0.25) is 0 Å². The van der Waals surface area contributed by atoms with Crippen LogP contribution >= 0.6 is 0 Å². The molecule has 0 atom stereocenters. The number of ketones is 1. The predicted octanol–water partition coefficient (Wildman–Crippen LogP) is 3.42. The largest absolute Gasteiger partial charge is 0.478 e. The van der Waals surface area contributed by atoms with Crippen molar-refractivity contribution in [3.8, 4) is 0 Å². The number of hydrogen-bond donors (Lipinski definition) is 1. The van der Waals surface area contributed by atoms with Gasteiger partial charge in [0.25, 0.3) is 11.8 Å². The molecule has 0 spiro atoms. The third-order valence-corrected chi connectivity index (χ3v) is 4.54. The number of anilines is 1. The van der Waals surface area contributed by atoms with Gasteiger partial charge in [-0.2, -0.15) is 0 Å². The minimum absolute atomic E-state index is 0.0333. The van der Waals surface area contributed by atoms with E-state index in [1.54, 1.807) is 30.3 Å². The van der Waals surface area contributed by atoms with Crippen LogP contribution in [-0.4, -0.2) is 28.7 Å². The third kappa shape index (κ3) is 2.77. The van der Waals surface area contributed by atoms with Gasteiger partial charge >= 0.3 is 5.97 Å². The number of carbonyl (C=O) groups is 4. The zero-order valence-corrected chi connectivity index (χ0v) is 14.5. The molecule has 28 heavy (non-hydrogen) atoms. The number of amides is 2. The fourth-order valence-corrected chi connectivity index (χ4v) is 3.15. The highest BCUT2D eigenvalue weighted by atomic mass is 16.4. The number of carboxylic acids is 1. The first-order valence-electron chi connectivity index (χ1n) is 8.43. The molecule has 1 heterocycles. The van der Waals surface area contributed by atoms with E-state index in [1.807, 2.05) is 0 Å². The summed E-state index contributed by atoms with van der Waals surface area (Å²) < 4.78 is 0. The Balaban J connectivity index is 1.73. The number of carboxylic acid groups (broad SMARTS) is 1. The first-order chi connectivity index (χ1) is 13.5. The fraction of sp³-hybridized carbons (Fsp3) is 0. The van der Waals surface area contributed by atoms with Crippen LogP contribution in [0.5, 0.6) is 0 Å². The van der Waals surface area contributed by atoms with Gasteiger partial charge in [0.15, 0.2) is 5.78 Å². The molecule has 1 N–H and O–H groups in total. The summed E-state index contributed by atoms with van der Waals surface area (Å²) in [5.74, 6) is -2.56. The van der Waals surface area contributed by atoms with Crippen molar-refractivity contribution >= 4 is 29.3 Å². The van der Waals surface area contributed by atoms with Crippen LogP contribution in [0.25, 0.3) is 0 Å². The number of aromatic carboxylic acids is 1. The molecule has 4 rings (SSSR count). The van der Waals surface area contributed by atoms with Crippen LogP contribution in [0.3, 0.4) is 0 Å². The van der Waals surface area contributed by atoms with Gasteiger partial charge in [-0.3, -0.25) is 14.4 Å². The number of imide groups is 1. The SMILES string of the molecule is O=C(O)c1cccc(N2C(=O)c3ccc(C(=O)c4ccccc4)cc3C2=O)c1. The summed E-state index contributed by atoms with van der Waals surface area (Å²) in [6, 6.07) is 18.6. The number of fused-ring (bicyclic) bond motifs is 1. The smallest absolute Gasteiger partial charge is 0.335 e. The zero-order chi connectivity index (χ0) is 19.8. The molecule has 136 valence electrons. The molecule has 0 bridgehead atoms. The van der Waals surface area contributed by atoms with E-state index in [9.17, 15) is 19.2 Å². The minimum atomic E-state index is -1.16. The molecule has 3 aromatic carbocycles. The van der Waals surface area contributed by atoms with Crippen LogP contribution in [0, 0.1) is 0 Å². The summed E-state index contributed by atoms with van der Waals surface area (Å²) in [7, 11) is 0. The molecule has 0 aliphatic carbocycles. The Morgan fingerprint density at radius 2 is 1.36 bits per heavy atom. The molecule has 6 heteroatoms. The van der Waals surface area contributed by atoms with Gasteiger partial charge < -0.3 is 5.11 Å². The average Bonchev–Trinajstić information content (AvgIpc) is 2.98. The maximum absolute atomic E-state index is 12.8. The quantitative estimate of drug-likeness (QED) is 0.560. The van der Waals surface area contributed by atoms with Crippen molar-refractivity contribution in [1.82, 2.24) is 0 Å². The monoisotopic (exact) mass is 371 g/mol. The van der Waals surface area contributed by atoms with E-state index < -0.39 is 17.8 Å². The molecule has 1 aliphatic heterocycles. The molecule has 3 aromatic rings. The number of nitrogens with zero attached hydrogens (tertiary/aromatic N) is 1.